The molecule has 3 rings (SSSR count). The summed E-state index contributed by atoms with van der Waals surface area (Å²) in [7, 11) is 0. The van der Waals surface area contributed by atoms with Gasteiger partial charge in [-0.3, -0.25) is 4.98 Å². The third-order valence-electron chi connectivity index (χ3n) is 2.80. The van der Waals surface area contributed by atoms with Crippen LogP contribution in [-0.4, -0.2) is 55.8 Å². The van der Waals surface area contributed by atoms with E-state index >= 15 is 0 Å². The Hall–Kier alpha value is -1.87. The molecule has 0 radical (unpaired) electrons. The van der Waals surface area contributed by atoms with E-state index in [2.05, 4.69) is 25.4 Å². The molecule has 1 saturated heterocycles. The summed E-state index contributed by atoms with van der Waals surface area (Å²) in [6.45, 7) is 1.86. The molecule has 2 aromatic rings. The number of rotatable bonds is 2. The number of anilines is 1. The quantitative estimate of drug-likeness (QED) is 0.692. The fraction of sp³-hybridized carbons (Fsp3) is 0.444. The molecule has 0 amide bonds. The third kappa shape index (κ3) is 1.87. The fourth-order valence-corrected chi connectivity index (χ4v) is 2.05. The smallest absolute Gasteiger partial charge is 0.199 e. The third-order valence-corrected chi connectivity index (χ3v) is 3.06. The maximum Gasteiger partial charge on any atom is 0.199 e. The van der Waals surface area contributed by atoms with E-state index in [1.807, 2.05) is 0 Å². The lowest BCUT2D eigenvalue weighted by Crippen LogP contribution is -2.48. The van der Waals surface area contributed by atoms with E-state index < -0.39 is 0 Å². The molecule has 0 aromatic carbocycles. The van der Waals surface area contributed by atoms with Gasteiger partial charge >= 0.3 is 0 Å². The van der Waals surface area contributed by atoms with E-state index in [1.54, 1.807) is 16.9 Å². The van der Waals surface area contributed by atoms with Gasteiger partial charge in [-0.05, 0) is 10.4 Å². The second-order valence-corrected chi connectivity index (χ2v) is 4.39. The van der Waals surface area contributed by atoms with Gasteiger partial charge in [0, 0.05) is 6.54 Å². The van der Waals surface area contributed by atoms with Crippen LogP contribution in [0.3, 0.4) is 0 Å². The average Bonchev–Trinajstić information content (AvgIpc) is 2.87. The highest BCUT2D eigenvalue weighted by Gasteiger charge is 2.24. The Morgan fingerprint density at radius 2 is 2.39 bits per heavy atom. The zero-order valence-electron chi connectivity index (χ0n) is 9.43. The number of nitrogens with two attached hydrogens (primary N) is 1. The van der Waals surface area contributed by atoms with Gasteiger partial charge in [0.25, 0.3) is 0 Å². The average molecular weight is 265 g/mol. The second kappa shape index (κ2) is 4.42. The maximum atomic E-state index is 5.62. The summed E-state index contributed by atoms with van der Waals surface area (Å²) < 4.78 is 7.13. The number of fused-ring (bicyclic) bond motifs is 1. The molecule has 3 heterocycles. The Balaban J connectivity index is 1.94. The molecule has 1 aliphatic heterocycles. The summed E-state index contributed by atoms with van der Waals surface area (Å²) in [6, 6.07) is 0. The zero-order chi connectivity index (χ0) is 12.5. The van der Waals surface area contributed by atoms with Crippen LogP contribution in [-0.2, 0) is 4.74 Å². The molecule has 8 nitrogen and oxygen atoms in total. The molecule has 0 bridgehead atoms. The highest BCUT2D eigenvalue weighted by molar-refractivity contribution is 7.80. The van der Waals surface area contributed by atoms with Crippen molar-refractivity contribution in [3.63, 3.8) is 0 Å². The monoisotopic (exact) mass is 265 g/mol. The Kier molecular flexibility index (Phi) is 2.76. The lowest BCUT2D eigenvalue weighted by molar-refractivity contribution is 0.0842. The van der Waals surface area contributed by atoms with Gasteiger partial charge in [0.05, 0.1) is 25.5 Å². The number of hydrogen-bond acceptors (Lipinski definition) is 7. The highest BCUT2D eigenvalue weighted by atomic mass is 32.1. The van der Waals surface area contributed by atoms with Crippen LogP contribution < -0.4 is 10.6 Å². The molecule has 2 aromatic heterocycles. The van der Waals surface area contributed by atoms with Crippen LogP contribution in [0.5, 0.6) is 0 Å². The van der Waals surface area contributed by atoms with E-state index in [9.17, 15) is 0 Å². The van der Waals surface area contributed by atoms with Crippen molar-refractivity contribution in [3.05, 3.63) is 12.4 Å². The number of morpholine rings is 1. The lowest BCUT2D eigenvalue weighted by atomic mass is 10.2. The normalized spacial score (nSPS) is 20.2. The number of hydrogen-bond donors (Lipinski definition) is 1. The number of aromatic nitrogens is 5. The Morgan fingerprint density at radius 3 is 3.22 bits per heavy atom. The molecule has 1 atom stereocenters. The molecule has 1 unspecified atom stereocenters. The zero-order valence-corrected chi connectivity index (χ0v) is 10.2. The summed E-state index contributed by atoms with van der Waals surface area (Å²) in [5.74, 6) is 0.807. The number of ether oxygens (including phenoxy) is 1. The minimum Gasteiger partial charge on any atom is -0.391 e. The highest BCUT2D eigenvalue weighted by Crippen LogP contribution is 2.16. The predicted molar refractivity (Wildman–Crippen MR) is 67.3 cm³/mol. The first-order valence-electron chi connectivity index (χ1n) is 5.43. The van der Waals surface area contributed by atoms with Gasteiger partial charge in [0.1, 0.15) is 11.1 Å². The summed E-state index contributed by atoms with van der Waals surface area (Å²) in [6.07, 6.45) is 3.07. The Morgan fingerprint density at radius 1 is 1.50 bits per heavy atom. The summed E-state index contributed by atoms with van der Waals surface area (Å²) in [5, 5.41) is 11.4. The molecular weight excluding hydrogens is 254 g/mol. The van der Waals surface area contributed by atoms with E-state index in [1.165, 1.54) is 0 Å². The summed E-state index contributed by atoms with van der Waals surface area (Å²) >= 11 is 4.96. The molecule has 1 fully saturated rings. The first kappa shape index (κ1) is 11.2. The molecule has 2 N–H and O–H groups in total. The predicted octanol–water partition coefficient (Wildman–Crippen LogP) is -0.989. The molecule has 94 valence electrons. The molecule has 0 aliphatic carbocycles. The van der Waals surface area contributed by atoms with Crippen LogP contribution in [0.1, 0.15) is 0 Å². The molecule has 18 heavy (non-hydrogen) atoms. The lowest BCUT2D eigenvalue weighted by Gasteiger charge is -2.33. The molecular formula is C9H11N7OS. The van der Waals surface area contributed by atoms with Crippen molar-refractivity contribution < 1.29 is 4.74 Å². The molecule has 1 aliphatic rings. The van der Waals surface area contributed by atoms with Gasteiger partial charge in [-0.2, -0.15) is 4.52 Å². The SMILES string of the molecule is NC(=S)C1CN(c2cncc3nnnn23)CCO1. The largest absolute Gasteiger partial charge is 0.391 e. The summed E-state index contributed by atoms with van der Waals surface area (Å²) in [4.78, 5) is 6.54. The maximum absolute atomic E-state index is 5.62. The molecule has 9 heteroatoms. The van der Waals surface area contributed by atoms with Crippen LogP contribution in [0.25, 0.3) is 5.65 Å². The topological polar surface area (TPSA) is 94.5 Å². The van der Waals surface area contributed by atoms with Gasteiger partial charge < -0.3 is 15.4 Å². The van der Waals surface area contributed by atoms with Crippen molar-refractivity contribution in [1.82, 2.24) is 25.0 Å². The van der Waals surface area contributed by atoms with Crippen LogP contribution in [0.2, 0.25) is 0 Å². The Bertz CT molecular complexity index is 585. The fourth-order valence-electron chi connectivity index (χ4n) is 1.91. The first-order valence-corrected chi connectivity index (χ1v) is 5.84. The van der Waals surface area contributed by atoms with E-state index in [-0.39, 0.29) is 6.10 Å². The van der Waals surface area contributed by atoms with Gasteiger partial charge in [-0.15, -0.1) is 5.10 Å². The second-order valence-electron chi connectivity index (χ2n) is 3.92. The standard InChI is InChI=1S/C9H11N7OS/c10-9(18)6-5-15(1-2-17-6)8-4-11-3-7-12-13-14-16(7)8/h3-4,6H,1-2,5H2,(H2,10,18). The van der Waals surface area contributed by atoms with Crippen molar-refractivity contribution in [1.29, 1.82) is 0 Å². The minimum absolute atomic E-state index is 0.250. The van der Waals surface area contributed by atoms with Gasteiger partial charge in [0.15, 0.2) is 11.5 Å². The van der Waals surface area contributed by atoms with Crippen molar-refractivity contribution in [2.75, 3.05) is 24.6 Å². The number of nitrogens with zero attached hydrogens (tertiary/aromatic N) is 6. The first-order chi connectivity index (χ1) is 8.75. The van der Waals surface area contributed by atoms with Gasteiger partial charge in [-0.25, -0.2) is 0 Å². The van der Waals surface area contributed by atoms with Crippen LogP contribution >= 0.6 is 12.2 Å². The van der Waals surface area contributed by atoms with E-state index in [4.69, 9.17) is 22.7 Å². The molecule has 0 saturated carbocycles. The van der Waals surface area contributed by atoms with Crippen LogP contribution in [0, 0.1) is 0 Å². The minimum atomic E-state index is -0.250. The van der Waals surface area contributed by atoms with Crippen LogP contribution in [0.15, 0.2) is 12.4 Å². The summed E-state index contributed by atoms with van der Waals surface area (Å²) in [5.41, 5.74) is 6.22. The molecule has 0 spiro atoms. The van der Waals surface area contributed by atoms with E-state index in [0.717, 1.165) is 12.4 Å². The van der Waals surface area contributed by atoms with Gasteiger partial charge in [0.2, 0.25) is 0 Å². The van der Waals surface area contributed by atoms with Crippen molar-refractivity contribution in [3.8, 4) is 0 Å². The number of tetrazole rings is 1. The van der Waals surface area contributed by atoms with E-state index in [0.29, 0.717) is 23.8 Å². The van der Waals surface area contributed by atoms with Crippen molar-refractivity contribution in [2.24, 2.45) is 5.73 Å². The Labute approximate surface area is 108 Å². The number of thiocarbonyl (C=S) groups is 1. The van der Waals surface area contributed by atoms with Crippen molar-refractivity contribution in [2.45, 2.75) is 6.10 Å². The van der Waals surface area contributed by atoms with Crippen LogP contribution in [0.4, 0.5) is 5.82 Å². The van der Waals surface area contributed by atoms with Gasteiger partial charge in [-0.1, -0.05) is 12.2 Å². The van der Waals surface area contributed by atoms with Crippen molar-refractivity contribution >= 4 is 28.7 Å².